The highest BCUT2D eigenvalue weighted by Gasteiger charge is 2.35. The molecule has 0 atom stereocenters. The Hall–Kier alpha value is -3.67. The van der Waals surface area contributed by atoms with Crippen LogP contribution >= 0.6 is 0 Å². The molecule has 0 aliphatic rings. The van der Waals surface area contributed by atoms with Crippen LogP contribution in [0, 0.1) is 11.3 Å². The fraction of sp³-hybridized carbons (Fsp3) is 0.111. The van der Waals surface area contributed by atoms with Crippen molar-refractivity contribution in [3.8, 4) is 23.3 Å². The molecule has 0 saturated heterocycles. The SMILES string of the molecule is COc1cc2c(C#N)cn(-c3ccc(C(=O)O)c(O)c3)c2cc1C(F)(F)F. The predicted octanol–water partition coefficient (Wildman–Crippen LogP) is 3.93. The summed E-state index contributed by atoms with van der Waals surface area (Å²) >= 11 is 0. The van der Waals surface area contributed by atoms with E-state index < -0.39 is 29.2 Å². The largest absolute Gasteiger partial charge is 0.507 e. The van der Waals surface area contributed by atoms with Crippen molar-refractivity contribution in [2.75, 3.05) is 7.11 Å². The molecule has 0 radical (unpaired) electrons. The minimum absolute atomic E-state index is 0.0575. The first-order valence-electron chi connectivity index (χ1n) is 7.44. The fourth-order valence-electron chi connectivity index (χ4n) is 2.80. The maximum absolute atomic E-state index is 13.3. The number of methoxy groups -OCH3 is 1. The van der Waals surface area contributed by atoms with Gasteiger partial charge in [0.2, 0.25) is 0 Å². The fourth-order valence-corrected chi connectivity index (χ4v) is 2.80. The number of carbonyl (C=O) groups is 1. The molecule has 0 aliphatic heterocycles. The Morgan fingerprint density at radius 3 is 2.48 bits per heavy atom. The van der Waals surface area contributed by atoms with Crippen molar-refractivity contribution in [3.05, 3.63) is 53.2 Å². The number of carboxylic acids is 1. The van der Waals surface area contributed by atoms with Gasteiger partial charge in [-0.15, -0.1) is 0 Å². The Morgan fingerprint density at radius 2 is 1.96 bits per heavy atom. The van der Waals surface area contributed by atoms with E-state index in [1.807, 2.05) is 6.07 Å². The minimum atomic E-state index is -4.68. The third-order valence-electron chi connectivity index (χ3n) is 4.04. The average molecular weight is 376 g/mol. The zero-order chi connectivity index (χ0) is 19.9. The maximum atomic E-state index is 13.3. The molecule has 0 amide bonds. The van der Waals surface area contributed by atoms with Gasteiger partial charge < -0.3 is 19.5 Å². The topological polar surface area (TPSA) is 95.5 Å². The Kier molecular flexibility index (Phi) is 4.19. The van der Waals surface area contributed by atoms with Gasteiger partial charge in [0.05, 0.1) is 23.8 Å². The van der Waals surface area contributed by atoms with E-state index in [0.29, 0.717) is 0 Å². The van der Waals surface area contributed by atoms with Crippen LogP contribution in [-0.4, -0.2) is 27.9 Å². The third kappa shape index (κ3) is 3.01. The van der Waals surface area contributed by atoms with Gasteiger partial charge in [-0.05, 0) is 24.3 Å². The van der Waals surface area contributed by atoms with E-state index in [2.05, 4.69) is 0 Å². The number of fused-ring (bicyclic) bond motifs is 1. The molecule has 3 aromatic rings. The summed E-state index contributed by atoms with van der Waals surface area (Å²) in [5, 5.41) is 28.4. The second-order valence-electron chi connectivity index (χ2n) is 5.60. The Bertz CT molecular complexity index is 1110. The first kappa shape index (κ1) is 18.1. The summed E-state index contributed by atoms with van der Waals surface area (Å²) in [6, 6.07) is 7.41. The zero-order valence-corrected chi connectivity index (χ0v) is 13.7. The number of halogens is 3. The molecule has 1 aromatic heterocycles. The van der Waals surface area contributed by atoms with Crippen molar-refractivity contribution in [2.45, 2.75) is 6.18 Å². The number of nitrogens with zero attached hydrogens (tertiary/aromatic N) is 2. The van der Waals surface area contributed by atoms with Crippen molar-refractivity contribution < 1.29 is 32.9 Å². The van der Waals surface area contributed by atoms with Gasteiger partial charge in [-0.2, -0.15) is 18.4 Å². The number of ether oxygens (including phenoxy) is 1. The van der Waals surface area contributed by atoms with Crippen LogP contribution in [0.25, 0.3) is 16.6 Å². The van der Waals surface area contributed by atoms with Crippen LogP contribution in [-0.2, 0) is 6.18 Å². The molecule has 0 saturated carbocycles. The number of alkyl halides is 3. The number of aromatic hydroxyl groups is 1. The molecule has 3 rings (SSSR count). The summed E-state index contributed by atoms with van der Waals surface area (Å²) in [4.78, 5) is 11.0. The molecule has 0 spiro atoms. The van der Waals surface area contributed by atoms with Crippen LogP contribution in [0.3, 0.4) is 0 Å². The number of aromatic nitrogens is 1. The molecule has 9 heteroatoms. The summed E-state index contributed by atoms with van der Waals surface area (Å²) in [6.07, 6.45) is -3.38. The van der Waals surface area contributed by atoms with Gasteiger partial charge >= 0.3 is 12.1 Å². The summed E-state index contributed by atoms with van der Waals surface area (Å²) in [5.41, 5.74) is -1.02. The lowest BCUT2D eigenvalue weighted by molar-refractivity contribution is -0.138. The predicted molar refractivity (Wildman–Crippen MR) is 88.2 cm³/mol. The lowest BCUT2D eigenvalue weighted by atomic mass is 10.1. The first-order valence-corrected chi connectivity index (χ1v) is 7.44. The van der Waals surface area contributed by atoms with Crippen LogP contribution in [0.1, 0.15) is 21.5 Å². The van der Waals surface area contributed by atoms with Crippen LogP contribution in [0.15, 0.2) is 36.5 Å². The number of rotatable bonds is 3. The standard InChI is InChI=1S/C18H11F3N2O4/c1-27-16-5-12-9(7-22)8-23(14(12)6-13(16)18(19,20)21)10-2-3-11(17(25)26)15(24)4-10/h2-6,8,24H,1H3,(H,25,26). The van der Waals surface area contributed by atoms with Gasteiger partial charge in [-0.25, -0.2) is 4.79 Å². The van der Waals surface area contributed by atoms with E-state index in [0.717, 1.165) is 31.4 Å². The van der Waals surface area contributed by atoms with Crippen molar-refractivity contribution in [3.63, 3.8) is 0 Å². The molecular formula is C18H11F3N2O4. The normalized spacial score (nSPS) is 11.4. The molecule has 0 aliphatic carbocycles. The average Bonchev–Trinajstić information content (AvgIpc) is 2.97. The number of benzene rings is 2. The monoisotopic (exact) mass is 376 g/mol. The Labute approximate surface area is 150 Å². The number of hydrogen-bond acceptors (Lipinski definition) is 4. The highest BCUT2D eigenvalue weighted by atomic mass is 19.4. The summed E-state index contributed by atoms with van der Waals surface area (Å²) in [5.74, 6) is -2.32. The molecule has 6 nitrogen and oxygen atoms in total. The second kappa shape index (κ2) is 6.25. The Balaban J connectivity index is 2.33. The molecule has 2 aromatic carbocycles. The van der Waals surface area contributed by atoms with Gasteiger partial charge in [0, 0.05) is 23.3 Å². The molecule has 1 heterocycles. The highest BCUT2D eigenvalue weighted by Crippen LogP contribution is 2.40. The van der Waals surface area contributed by atoms with Crippen LogP contribution in [0.2, 0.25) is 0 Å². The van der Waals surface area contributed by atoms with Gasteiger partial charge in [-0.1, -0.05) is 0 Å². The lowest BCUT2D eigenvalue weighted by Crippen LogP contribution is -2.08. The quantitative estimate of drug-likeness (QED) is 0.722. The minimum Gasteiger partial charge on any atom is -0.507 e. The maximum Gasteiger partial charge on any atom is 0.420 e. The van der Waals surface area contributed by atoms with Gasteiger partial charge in [0.25, 0.3) is 0 Å². The van der Waals surface area contributed by atoms with E-state index in [4.69, 9.17) is 9.84 Å². The number of aromatic carboxylic acids is 1. The summed E-state index contributed by atoms with van der Waals surface area (Å²) < 4.78 is 46.1. The zero-order valence-electron chi connectivity index (χ0n) is 13.7. The highest BCUT2D eigenvalue weighted by molar-refractivity contribution is 5.92. The van der Waals surface area contributed by atoms with Crippen molar-refractivity contribution >= 4 is 16.9 Å². The number of nitriles is 1. The number of hydrogen-bond donors (Lipinski definition) is 2. The molecule has 0 fully saturated rings. The molecule has 0 unspecified atom stereocenters. The molecular weight excluding hydrogens is 365 g/mol. The first-order chi connectivity index (χ1) is 12.7. The molecule has 138 valence electrons. The smallest absolute Gasteiger partial charge is 0.420 e. The summed E-state index contributed by atoms with van der Waals surface area (Å²) in [7, 11) is 1.10. The van der Waals surface area contributed by atoms with Gasteiger partial charge in [-0.3, -0.25) is 0 Å². The van der Waals surface area contributed by atoms with Crippen molar-refractivity contribution in [2.24, 2.45) is 0 Å². The van der Waals surface area contributed by atoms with Gasteiger partial charge in [0.1, 0.15) is 23.1 Å². The van der Waals surface area contributed by atoms with Crippen molar-refractivity contribution in [1.29, 1.82) is 5.26 Å². The van der Waals surface area contributed by atoms with E-state index >= 15 is 0 Å². The number of phenols is 1. The lowest BCUT2D eigenvalue weighted by Gasteiger charge is -2.13. The third-order valence-corrected chi connectivity index (χ3v) is 4.04. The van der Waals surface area contributed by atoms with E-state index in [-0.39, 0.29) is 27.7 Å². The molecule has 2 N–H and O–H groups in total. The summed E-state index contributed by atoms with van der Waals surface area (Å²) in [6.45, 7) is 0. The number of carboxylic acid groups (broad SMARTS) is 1. The van der Waals surface area contributed by atoms with Crippen LogP contribution in [0.4, 0.5) is 13.2 Å². The molecule has 0 bridgehead atoms. The van der Waals surface area contributed by atoms with E-state index in [1.165, 1.54) is 16.8 Å². The van der Waals surface area contributed by atoms with Gasteiger partial charge in [0.15, 0.2) is 0 Å². The van der Waals surface area contributed by atoms with E-state index in [9.17, 15) is 28.3 Å². The second-order valence-corrected chi connectivity index (χ2v) is 5.60. The molecule has 27 heavy (non-hydrogen) atoms. The Morgan fingerprint density at radius 1 is 1.26 bits per heavy atom. The van der Waals surface area contributed by atoms with Crippen LogP contribution in [0.5, 0.6) is 11.5 Å². The van der Waals surface area contributed by atoms with Crippen molar-refractivity contribution in [1.82, 2.24) is 4.57 Å². The van der Waals surface area contributed by atoms with Crippen LogP contribution < -0.4 is 4.74 Å². The van der Waals surface area contributed by atoms with E-state index in [1.54, 1.807) is 0 Å².